The summed E-state index contributed by atoms with van der Waals surface area (Å²) in [7, 11) is 1.70. The van der Waals surface area contributed by atoms with Crippen molar-refractivity contribution in [3.05, 3.63) is 0 Å². The standard InChI is InChI=1S/C11H19N3O4/c1-8(10(16)17)6-12-11(18)14-5-3-4-13(2)9(15)7-14/h8H,3-7H2,1-2H3,(H,12,18)(H,16,17). The van der Waals surface area contributed by atoms with Crippen LogP contribution in [0.5, 0.6) is 0 Å². The average molecular weight is 257 g/mol. The Kier molecular flexibility index (Phi) is 4.94. The fourth-order valence-corrected chi connectivity index (χ4v) is 1.60. The first-order chi connectivity index (χ1) is 8.41. The van der Waals surface area contributed by atoms with Gasteiger partial charge in [-0.05, 0) is 6.42 Å². The molecule has 1 heterocycles. The molecule has 7 nitrogen and oxygen atoms in total. The summed E-state index contributed by atoms with van der Waals surface area (Å²) in [5.41, 5.74) is 0. The molecule has 0 aliphatic carbocycles. The predicted molar refractivity (Wildman–Crippen MR) is 64.0 cm³/mol. The Labute approximate surface area is 106 Å². The van der Waals surface area contributed by atoms with Gasteiger partial charge in [-0.3, -0.25) is 9.59 Å². The monoisotopic (exact) mass is 257 g/mol. The van der Waals surface area contributed by atoms with E-state index in [1.54, 1.807) is 11.9 Å². The van der Waals surface area contributed by atoms with Gasteiger partial charge in [0.25, 0.3) is 0 Å². The van der Waals surface area contributed by atoms with E-state index in [0.29, 0.717) is 13.1 Å². The highest BCUT2D eigenvalue weighted by Crippen LogP contribution is 2.03. The van der Waals surface area contributed by atoms with Crippen LogP contribution >= 0.6 is 0 Å². The minimum Gasteiger partial charge on any atom is -0.481 e. The van der Waals surface area contributed by atoms with Gasteiger partial charge < -0.3 is 20.2 Å². The van der Waals surface area contributed by atoms with Crippen LogP contribution < -0.4 is 5.32 Å². The van der Waals surface area contributed by atoms with Crippen LogP contribution in [0.1, 0.15) is 13.3 Å². The lowest BCUT2D eigenvalue weighted by molar-refractivity contribution is -0.140. The number of rotatable bonds is 3. The van der Waals surface area contributed by atoms with Crippen LogP contribution in [-0.4, -0.2) is 66.0 Å². The molecule has 1 unspecified atom stereocenters. The van der Waals surface area contributed by atoms with Gasteiger partial charge in [-0.25, -0.2) is 4.79 Å². The van der Waals surface area contributed by atoms with Crippen molar-refractivity contribution < 1.29 is 19.5 Å². The minimum atomic E-state index is -0.957. The first-order valence-corrected chi connectivity index (χ1v) is 5.91. The van der Waals surface area contributed by atoms with Gasteiger partial charge in [0, 0.05) is 26.7 Å². The molecule has 1 aliphatic rings. The highest BCUT2D eigenvalue weighted by Gasteiger charge is 2.23. The number of hydrogen-bond acceptors (Lipinski definition) is 3. The number of hydrogen-bond donors (Lipinski definition) is 2. The van der Waals surface area contributed by atoms with E-state index in [1.807, 2.05) is 0 Å². The van der Waals surface area contributed by atoms with Gasteiger partial charge in [-0.1, -0.05) is 6.92 Å². The molecular weight excluding hydrogens is 238 g/mol. The van der Waals surface area contributed by atoms with Gasteiger partial charge in [-0.15, -0.1) is 0 Å². The van der Waals surface area contributed by atoms with Crippen molar-refractivity contribution in [2.75, 3.05) is 33.2 Å². The van der Waals surface area contributed by atoms with Crippen LogP contribution in [0.25, 0.3) is 0 Å². The maximum atomic E-state index is 11.8. The molecule has 0 spiro atoms. The summed E-state index contributed by atoms with van der Waals surface area (Å²) < 4.78 is 0. The van der Waals surface area contributed by atoms with Crippen molar-refractivity contribution in [2.45, 2.75) is 13.3 Å². The second-order valence-electron chi connectivity index (χ2n) is 4.52. The van der Waals surface area contributed by atoms with E-state index in [2.05, 4.69) is 5.32 Å². The number of carboxylic acids is 1. The molecule has 2 N–H and O–H groups in total. The third-order valence-electron chi connectivity index (χ3n) is 2.94. The molecule has 102 valence electrons. The maximum Gasteiger partial charge on any atom is 0.317 e. The highest BCUT2D eigenvalue weighted by atomic mass is 16.4. The van der Waals surface area contributed by atoms with Gasteiger partial charge in [0.2, 0.25) is 5.91 Å². The van der Waals surface area contributed by atoms with Crippen LogP contribution in [-0.2, 0) is 9.59 Å². The van der Waals surface area contributed by atoms with Crippen molar-refractivity contribution in [3.63, 3.8) is 0 Å². The summed E-state index contributed by atoms with van der Waals surface area (Å²) in [5.74, 6) is -1.70. The molecule has 1 fully saturated rings. The fourth-order valence-electron chi connectivity index (χ4n) is 1.60. The Morgan fingerprint density at radius 3 is 2.72 bits per heavy atom. The second-order valence-corrected chi connectivity index (χ2v) is 4.52. The van der Waals surface area contributed by atoms with Crippen LogP contribution in [0.15, 0.2) is 0 Å². The summed E-state index contributed by atoms with van der Waals surface area (Å²) >= 11 is 0. The number of likely N-dealkylation sites (N-methyl/N-ethyl adjacent to an activating group) is 1. The van der Waals surface area contributed by atoms with Crippen molar-refractivity contribution in [3.8, 4) is 0 Å². The minimum absolute atomic E-state index is 0.0454. The predicted octanol–water partition coefficient (Wildman–Crippen LogP) is -0.419. The Bertz CT molecular complexity index is 345. The molecule has 1 saturated heterocycles. The molecule has 0 saturated carbocycles. The Morgan fingerprint density at radius 1 is 1.44 bits per heavy atom. The zero-order valence-electron chi connectivity index (χ0n) is 10.7. The quantitative estimate of drug-likeness (QED) is 0.718. The number of carboxylic acid groups (broad SMARTS) is 1. The van der Waals surface area contributed by atoms with E-state index >= 15 is 0 Å². The summed E-state index contributed by atoms with van der Waals surface area (Å²) in [6, 6.07) is -0.383. The molecule has 7 heteroatoms. The normalized spacial score (nSPS) is 18.2. The number of urea groups is 1. The summed E-state index contributed by atoms with van der Waals surface area (Å²) in [6.07, 6.45) is 0.726. The zero-order chi connectivity index (χ0) is 13.7. The first-order valence-electron chi connectivity index (χ1n) is 5.91. The molecule has 1 aliphatic heterocycles. The lowest BCUT2D eigenvalue weighted by atomic mass is 10.2. The van der Waals surface area contributed by atoms with E-state index < -0.39 is 11.9 Å². The average Bonchev–Trinajstić information content (AvgIpc) is 2.48. The largest absolute Gasteiger partial charge is 0.481 e. The number of amides is 3. The molecule has 0 aromatic heterocycles. The summed E-state index contributed by atoms with van der Waals surface area (Å²) in [5, 5.41) is 11.2. The molecule has 18 heavy (non-hydrogen) atoms. The number of aliphatic carboxylic acids is 1. The van der Waals surface area contributed by atoms with Gasteiger partial charge in [0.15, 0.2) is 0 Å². The van der Waals surface area contributed by atoms with E-state index in [-0.39, 0.29) is 25.0 Å². The zero-order valence-corrected chi connectivity index (χ0v) is 10.7. The van der Waals surface area contributed by atoms with Gasteiger partial charge in [0.1, 0.15) is 6.54 Å². The van der Waals surface area contributed by atoms with Crippen molar-refractivity contribution >= 4 is 17.9 Å². The molecule has 0 aromatic rings. The van der Waals surface area contributed by atoms with E-state index in [0.717, 1.165) is 6.42 Å². The van der Waals surface area contributed by atoms with E-state index in [9.17, 15) is 14.4 Å². The summed E-state index contributed by atoms with van der Waals surface area (Å²) in [6.45, 7) is 2.76. The number of nitrogens with zero attached hydrogens (tertiary/aromatic N) is 2. The Hall–Kier alpha value is -1.79. The number of nitrogens with one attached hydrogen (secondary N) is 1. The first kappa shape index (κ1) is 14.3. The smallest absolute Gasteiger partial charge is 0.317 e. The van der Waals surface area contributed by atoms with Crippen molar-refractivity contribution in [1.82, 2.24) is 15.1 Å². The van der Waals surface area contributed by atoms with Crippen LogP contribution in [0, 0.1) is 5.92 Å². The number of carbonyl (C=O) groups excluding carboxylic acids is 2. The maximum absolute atomic E-state index is 11.8. The van der Waals surface area contributed by atoms with Crippen LogP contribution in [0.2, 0.25) is 0 Å². The molecule has 0 aromatic carbocycles. The van der Waals surface area contributed by atoms with Crippen LogP contribution in [0.3, 0.4) is 0 Å². The van der Waals surface area contributed by atoms with Crippen LogP contribution in [0.4, 0.5) is 4.79 Å². The lowest BCUT2D eigenvalue weighted by Gasteiger charge is -2.20. The molecule has 0 radical (unpaired) electrons. The van der Waals surface area contributed by atoms with Crippen molar-refractivity contribution in [1.29, 1.82) is 0 Å². The lowest BCUT2D eigenvalue weighted by Crippen LogP contribution is -2.45. The Balaban J connectivity index is 2.46. The molecule has 1 rings (SSSR count). The molecular formula is C11H19N3O4. The van der Waals surface area contributed by atoms with E-state index in [4.69, 9.17) is 5.11 Å². The Morgan fingerprint density at radius 2 is 2.11 bits per heavy atom. The molecule has 0 bridgehead atoms. The molecule has 3 amide bonds. The third kappa shape index (κ3) is 3.90. The van der Waals surface area contributed by atoms with Gasteiger partial charge in [-0.2, -0.15) is 0 Å². The second kappa shape index (κ2) is 6.23. The molecule has 1 atom stereocenters. The third-order valence-corrected chi connectivity index (χ3v) is 2.94. The summed E-state index contributed by atoms with van der Waals surface area (Å²) in [4.78, 5) is 37.0. The van der Waals surface area contributed by atoms with E-state index in [1.165, 1.54) is 11.8 Å². The van der Waals surface area contributed by atoms with Gasteiger partial charge >= 0.3 is 12.0 Å². The van der Waals surface area contributed by atoms with Crippen molar-refractivity contribution in [2.24, 2.45) is 5.92 Å². The SMILES string of the molecule is CC(CNC(=O)N1CCCN(C)C(=O)C1)C(=O)O. The topological polar surface area (TPSA) is 90.0 Å². The fraction of sp³-hybridized carbons (Fsp3) is 0.727. The van der Waals surface area contributed by atoms with Gasteiger partial charge in [0.05, 0.1) is 5.92 Å². The highest BCUT2D eigenvalue weighted by molar-refractivity contribution is 5.84. The number of carbonyl (C=O) groups is 3.